The summed E-state index contributed by atoms with van der Waals surface area (Å²) in [6.45, 7) is 1.63. The number of rotatable bonds is 2. The van der Waals surface area contributed by atoms with Crippen molar-refractivity contribution >= 4 is 12.0 Å². The van der Waals surface area contributed by atoms with Crippen molar-refractivity contribution < 1.29 is 18.7 Å². The number of nitrogens with zero attached hydrogens (tertiary/aromatic N) is 4. The minimum absolute atomic E-state index is 0.220. The van der Waals surface area contributed by atoms with Gasteiger partial charge >= 0.3 is 6.09 Å². The molecule has 2 heterocycles. The lowest BCUT2D eigenvalue weighted by molar-refractivity contribution is 0.142. The first-order chi connectivity index (χ1) is 8.58. The van der Waals surface area contributed by atoms with Crippen LogP contribution in [0.1, 0.15) is 12.0 Å². The van der Waals surface area contributed by atoms with Gasteiger partial charge in [0.1, 0.15) is 0 Å². The lowest BCUT2D eigenvalue weighted by atomic mass is 10.3. The zero-order valence-corrected chi connectivity index (χ0v) is 9.46. The zero-order valence-electron chi connectivity index (χ0n) is 9.46. The van der Waals surface area contributed by atoms with E-state index in [1.54, 1.807) is 4.90 Å². The maximum absolute atomic E-state index is 12.3. The first-order valence-corrected chi connectivity index (χ1v) is 5.41. The Morgan fingerprint density at radius 2 is 1.78 bits per heavy atom. The van der Waals surface area contributed by atoms with Crippen LogP contribution in [0.5, 0.6) is 0 Å². The molecule has 0 unspecified atom stereocenters. The predicted octanol–water partition coefficient (Wildman–Crippen LogP) is 1.21. The van der Waals surface area contributed by atoms with E-state index in [1.165, 1.54) is 4.90 Å². The number of piperazine rings is 1. The van der Waals surface area contributed by atoms with Gasteiger partial charge in [-0.25, -0.2) is 23.5 Å². The quantitative estimate of drug-likeness (QED) is 0.863. The number of hydrogen-bond acceptors (Lipinski definition) is 4. The molecule has 2 rings (SSSR count). The largest absolute Gasteiger partial charge is 0.465 e. The highest BCUT2D eigenvalue weighted by molar-refractivity contribution is 5.65. The molecule has 1 fully saturated rings. The Hall–Kier alpha value is -1.99. The third-order valence-corrected chi connectivity index (χ3v) is 2.74. The third-order valence-electron chi connectivity index (χ3n) is 2.74. The molecule has 18 heavy (non-hydrogen) atoms. The van der Waals surface area contributed by atoms with E-state index in [9.17, 15) is 13.6 Å². The van der Waals surface area contributed by atoms with Gasteiger partial charge in [-0.1, -0.05) is 0 Å². The van der Waals surface area contributed by atoms with Crippen LogP contribution in [-0.4, -0.2) is 52.2 Å². The second kappa shape index (κ2) is 5.11. The Kier molecular flexibility index (Phi) is 3.54. The summed E-state index contributed by atoms with van der Waals surface area (Å²) in [5.41, 5.74) is -0.220. The van der Waals surface area contributed by atoms with E-state index >= 15 is 0 Å². The number of carbonyl (C=O) groups is 1. The molecule has 1 aliphatic rings. The molecular weight excluding hydrogens is 246 g/mol. The van der Waals surface area contributed by atoms with Crippen LogP contribution in [0, 0.1) is 0 Å². The fourth-order valence-corrected chi connectivity index (χ4v) is 1.70. The molecule has 0 saturated carbocycles. The van der Waals surface area contributed by atoms with Gasteiger partial charge in [0.05, 0.1) is 5.56 Å². The SMILES string of the molecule is O=C(O)N1CCN(c2ncc(C(F)F)cn2)CC1. The molecule has 0 aromatic carbocycles. The molecule has 8 heteroatoms. The Morgan fingerprint density at radius 1 is 1.22 bits per heavy atom. The van der Waals surface area contributed by atoms with Gasteiger partial charge in [-0.2, -0.15) is 0 Å². The van der Waals surface area contributed by atoms with E-state index in [-0.39, 0.29) is 5.56 Å². The number of carboxylic acid groups (broad SMARTS) is 1. The molecule has 1 amide bonds. The summed E-state index contributed by atoms with van der Waals surface area (Å²) in [5.74, 6) is 0.351. The molecule has 0 atom stereocenters. The van der Waals surface area contributed by atoms with Gasteiger partial charge in [0.15, 0.2) is 0 Å². The molecule has 1 aromatic rings. The fraction of sp³-hybridized carbons (Fsp3) is 0.500. The van der Waals surface area contributed by atoms with Crippen molar-refractivity contribution in [2.75, 3.05) is 31.1 Å². The highest BCUT2D eigenvalue weighted by atomic mass is 19.3. The lowest BCUT2D eigenvalue weighted by Gasteiger charge is -2.32. The van der Waals surface area contributed by atoms with Gasteiger partial charge in [0.25, 0.3) is 6.43 Å². The maximum atomic E-state index is 12.3. The summed E-state index contributed by atoms with van der Waals surface area (Å²) in [6, 6.07) is 0. The number of hydrogen-bond donors (Lipinski definition) is 1. The molecule has 1 aromatic heterocycles. The van der Waals surface area contributed by atoms with Crippen LogP contribution in [0.4, 0.5) is 19.5 Å². The van der Waals surface area contributed by atoms with E-state index in [4.69, 9.17) is 5.11 Å². The maximum Gasteiger partial charge on any atom is 0.407 e. The summed E-state index contributed by atoms with van der Waals surface area (Å²) < 4.78 is 24.6. The van der Waals surface area contributed by atoms with Crippen molar-refractivity contribution in [1.82, 2.24) is 14.9 Å². The molecule has 6 nitrogen and oxygen atoms in total. The standard InChI is InChI=1S/C10H12F2N4O2/c11-8(12)7-5-13-9(14-6-7)15-1-3-16(4-2-15)10(17)18/h5-6,8H,1-4H2,(H,17,18). The summed E-state index contributed by atoms with van der Waals surface area (Å²) in [6.07, 6.45) is -1.35. The van der Waals surface area contributed by atoms with Crippen molar-refractivity contribution in [3.05, 3.63) is 18.0 Å². The minimum atomic E-state index is -2.58. The Labute approximate surface area is 102 Å². The van der Waals surface area contributed by atoms with Gasteiger partial charge in [-0.15, -0.1) is 0 Å². The molecule has 1 aliphatic heterocycles. The van der Waals surface area contributed by atoms with Crippen molar-refractivity contribution in [1.29, 1.82) is 0 Å². The lowest BCUT2D eigenvalue weighted by Crippen LogP contribution is -2.48. The highest BCUT2D eigenvalue weighted by Crippen LogP contribution is 2.18. The fourth-order valence-electron chi connectivity index (χ4n) is 1.70. The second-order valence-corrected chi connectivity index (χ2v) is 3.87. The first-order valence-electron chi connectivity index (χ1n) is 5.41. The topological polar surface area (TPSA) is 69.6 Å². The molecule has 0 aliphatic carbocycles. The predicted molar refractivity (Wildman–Crippen MR) is 58.8 cm³/mol. The number of anilines is 1. The van der Waals surface area contributed by atoms with Gasteiger partial charge in [-0.3, -0.25) is 0 Å². The van der Waals surface area contributed by atoms with Crippen LogP contribution in [0.15, 0.2) is 12.4 Å². The molecule has 98 valence electrons. The van der Waals surface area contributed by atoms with Crippen molar-refractivity contribution in [2.45, 2.75) is 6.43 Å². The monoisotopic (exact) mass is 258 g/mol. The summed E-state index contributed by atoms with van der Waals surface area (Å²) in [5, 5.41) is 8.79. The van der Waals surface area contributed by atoms with Crippen LogP contribution >= 0.6 is 0 Å². The second-order valence-electron chi connectivity index (χ2n) is 3.87. The van der Waals surface area contributed by atoms with Crippen LogP contribution in [-0.2, 0) is 0 Å². The minimum Gasteiger partial charge on any atom is -0.465 e. The number of halogens is 2. The summed E-state index contributed by atoms with van der Waals surface area (Å²) in [4.78, 5) is 21.5. The van der Waals surface area contributed by atoms with Gasteiger partial charge in [-0.05, 0) is 0 Å². The van der Waals surface area contributed by atoms with E-state index in [1.807, 2.05) is 0 Å². The van der Waals surface area contributed by atoms with E-state index in [2.05, 4.69) is 9.97 Å². The molecule has 0 spiro atoms. The number of amides is 1. The van der Waals surface area contributed by atoms with Crippen molar-refractivity contribution in [3.63, 3.8) is 0 Å². The van der Waals surface area contributed by atoms with E-state index in [0.717, 1.165) is 12.4 Å². The first kappa shape index (κ1) is 12.5. The van der Waals surface area contributed by atoms with Crippen LogP contribution in [0.3, 0.4) is 0 Å². The average Bonchev–Trinajstić information content (AvgIpc) is 2.39. The smallest absolute Gasteiger partial charge is 0.407 e. The average molecular weight is 258 g/mol. The van der Waals surface area contributed by atoms with Gasteiger partial charge in [0, 0.05) is 38.6 Å². The Morgan fingerprint density at radius 3 is 2.22 bits per heavy atom. The number of aromatic nitrogens is 2. The van der Waals surface area contributed by atoms with Gasteiger partial charge < -0.3 is 14.9 Å². The van der Waals surface area contributed by atoms with E-state index in [0.29, 0.717) is 32.1 Å². The molecule has 1 N–H and O–H groups in total. The molecule has 1 saturated heterocycles. The third kappa shape index (κ3) is 2.63. The molecule has 0 bridgehead atoms. The zero-order chi connectivity index (χ0) is 13.1. The van der Waals surface area contributed by atoms with Crippen LogP contribution in [0.25, 0.3) is 0 Å². The normalized spacial score (nSPS) is 16.2. The van der Waals surface area contributed by atoms with E-state index < -0.39 is 12.5 Å². The molecule has 0 radical (unpaired) electrons. The Balaban J connectivity index is 1.99. The van der Waals surface area contributed by atoms with Crippen molar-refractivity contribution in [2.24, 2.45) is 0 Å². The van der Waals surface area contributed by atoms with Gasteiger partial charge in [0.2, 0.25) is 5.95 Å². The van der Waals surface area contributed by atoms with Crippen LogP contribution in [0.2, 0.25) is 0 Å². The number of alkyl halides is 2. The van der Waals surface area contributed by atoms with Crippen molar-refractivity contribution in [3.8, 4) is 0 Å². The van der Waals surface area contributed by atoms with Crippen LogP contribution < -0.4 is 4.90 Å². The highest BCUT2D eigenvalue weighted by Gasteiger charge is 2.22. The Bertz CT molecular complexity index is 418. The summed E-state index contributed by atoms with van der Waals surface area (Å²) in [7, 11) is 0. The molecular formula is C10H12F2N4O2. The summed E-state index contributed by atoms with van der Waals surface area (Å²) >= 11 is 0.